The van der Waals surface area contributed by atoms with E-state index in [1.807, 2.05) is 34.1 Å². The van der Waals surface area contributed by atoms with Crippen molar-refractivity contribution < 1.29 is 26.9 Å². The molecule has 0 radical (unpaired) electrons. The molecule has 3 aliphatic heterocycles. The highest BCUT2D eigenvalue weighted by molar-refractivity contribution is 7.90. The van der Waals surface area contributed by atoms with Crippen molar-refractivity contribution in [3.05, 3.63) is 36.0 Å². The summed E-state index contributed by atoms with van der Waals surface area (Å²) in [6.07, 6.45) is 4.06. The molecular formula is C24H29N3O6S2. The normalized spacial score (nSPS) is 24.2. The molecular weight excluding hydrogens is 490 g/mol. The molecule has 1 aromatic heterocycles. The number of ether oxygens (including phenoxy) is 2. The molecule has 0 spiro atoms. The summed E-state index contributed by atoms with van der Waals surface area (Å²) < 4.78 is 47.7. The number of pyridine rings is 1. The Balaban J connectivity index is 1.31. The zero-order chi connectivity index (χ0) is 24.7. The number of hydrogen-bond donors (Lipinski definition) is 0. The second-order valence-electron chi connectivity index (χ2n) is 9.33. The number of amides is 1. The fourth-order valence-corrected chi connectivity index (χ4v) is 7.32. The molecule has 1 amide bonds. The highest BCUT2D eigenvalue weighted by atomic mass is 32.2. The first-order chi connectivity index (χ1) is 16.7. The molecule has 188 valence electrons. The minimum absolute atomic E-state index is 0.0796. The van der Waals surface area contributed by atoms with E-state index in [0.29, 0.717) is 61.2 Å². The van der Waals surface area contributed by atoms with Gasteiger partial charge in [-0.1, -0.05) is 0 Å². The van der Waals surface area contributed by atoms with Crippen molar-refractivity contribution in [3.8, 4) is 11.5 Å². The van der Waals surface area contributed by atoms with Crippen LogP contribution in [0.15, 0.2) is 35.5 Å². The molecule has 9 nitrogen and oxygen atoms in total. The monoisotopic (exact) mass is 519 g/mol. The Bertz CT molecular complexity index is 1280. The predicted octanol–water partition coefficient (Wildman–Crippen LogP) is 2.07. The van der Waals surface area contributed by atoms with Crippen LogP contribution in [-0.2, 0) is 25.4 Å². The summed E-state index contributed by atoms with van der Waals surface area (Å²) in [6.45, 7) is 3.99. The highest BCUT2D eigenvalue weighted by Crippen LogP contribution is 2.40. The van der Waals surface area contributed by atoms with Crippen LogP contribution in [0.1, 0.15) is 18.4 Å². The number of benzene rings is 1. The average Bonchev–Trinajstić information content (AvgIpc) is 3.46. The minimum atomic E-state index is -3.40. The van der Waals surface area contributed by atoms with Gasteiger partial charge in [0.25, 0.3) is 0 Å². The summed E-state index contributed by atoms with van der Waals surface area (Å²) in [5.74, 6) is 2.44. The lowest BCUT2D eigenvalue weighted by Crippen LogP contribution is -2.36. The SMILES string of the molecule is Cc1cc(N2CCOc3ccc(O[C@H]4CCN(C(=O)C5CCS(=O)C5)C4)cc32)cnc1S(C)(=O)=O. The molecule has 5 rings (SSSR count). The Labute approximate surface area is 207 Å². The van der Waals surface area contributed by atoms with Gasteiger partial charge in [0.2, 0.25) is 5.91 Å². The summed E-state index contributed by atoms with van der Waals surface area (Å²) in [4.78, 5) is 20.9. The molecule has 4 heterocycles. The maximum atomic E-state index is 12.8. The highest BCUT2D eigenvalue weighted by Gasteiger charge is 2.35. The van der Waals surface area contributed by atoms with Gasteiger partial charge in [-0.3, -0.25) is 9.00 Å². The van der Waals surface area contributed by atoms with Crippen molar-refractivity contribution in [1.82, 2.24) is 9.88 Å². The molecule has 1 aromatic carbocycles. The van der Waals surface area contributed by atoms with E-state index in [4.69, 9.17) is 9.47 Å². The Hall–Kier alpha value is -2.66. The van der Waals surface area contributed by atoms with Gasteiger partial charge in [-0.25, -0.2) is 13.4 Å². The van der Waals surface area contributed by atoms with E-state index in [9.17, 15) is 17.4 Å². The van der Waals surface area contributed by atoms with Gasteiger partial charge in [0.05, 0.1) is 36.6 Å². The van der Waals surface area contributed by atoms with Gasteiger partial charge in [-0.15, -0.1) is 0 Å². The van der Waals surface area contributed by atoms with Crippen molar-refractivity contribution in [1.29, 1.82) is 0 Å². The van der Waals surface area contributed by atoms with Crippen LogP contribution in [0, 0.1) is 12.8 Å². The van der Waals surface area contributed by atoms with Crippen LogP contribution in [0.3, 0.4) is 0 Å². The number of fused-ring (bicyclic) bond motifs is 1. The summed E-state index contributed by atoms with van der Waals surface area (Å²) in [5.41, 5.74) is 2.19. The zero-order valence-corrected chi connectivity index (χ0v) is 21.4. The Morgan fingerprint density at radius 1 is 1.23 bits per heavy atom. The number of anilines is 2. The van der Waals surface area contributed by atoms with Gasteiger partial charge < -0.3 is 19.3 Å². The zero-order valence-electron chi connectivity index (χ0n) is 19.8. The van der Waals surface area contributed by atoms with Crippen LogP contribution >= 0.6 is 0 Å². The number of hydrogen-bond acceptors (Lipinski definition) is 8. The molecule has 11 heteroatoms. The first kappa shape index (κ1) is 24.1. The first-order valence-electron chi connectivity index (χ1n) is 11.7. The van der Waals surface area contributed by atoms with E-state index < -0.39 is 20.6 Å². The molecule has 2 saturated heterocycles. The summed E-state index contributed by atoms with van der Waals surface area (Å²) >= 11 is 0. The van der Waals surface area contributed by atoms with Crippen LogP contribution in [0.4, 0.5) is 11.4 Å². The van der Waals surface area contributed by atoms with Crippen molar-refractivity contribution >= 4 is 37.9 Å². The Morgan fingerprint density at radius 3 is 2.77 bits per heavy atom. The van der Waals surface area contributed by atoms with Gasteiger partial charge in [0.1, 0.15) is 24.2 Å². The molecule has 0 bridgehead atoms. The lowest BCUT2D eigenvalue weighted by atomic mass is 10.1. The molecule has 2 fully saturated rings. The quantitative estimate of drug-likeness (QED) is 0.591. The predicted molar refractivity (Wildman–Crippen MR) is 133 cm³/mol. The third-order valence-electron chi connectivity index (χ3n) is 6.66. The number of carbonyl (C=O) groups excluding carboxylic acids is 1. The van der Waals surface area contributed by atoms with E-state index in [2.05, 4.69) is 4.98 Å². The topological polar surface area (TPSA) is 106 Å². The molecule has 3 atom stereocenters. The lowest BCUT2D eigenvalue weighted by molar-refractivity contribution is -0.133. The summed E-state index contributed by atoms with van der Waals surface area (Å²) in [5, 5.41) is 0.0796. The molecule has 0 aliphatic carbocycles. The van der Waals surface area contributed by atoms with Gasteiger partial charge in [-0.05, 0) is 37.1 Å². The van der Waals surface area contributed by atoms with Crippen LogP contribution in [-0.4, -0.2) is 78.5 Å². The van der Waals surface area contributed by atoms with Crippen molar-refractivity contribution in [2.45, 2.75) is 30.9 Å². The second kappa shape index (κ2) is 9.42. The van der Waals surface area contributed by atoms with Crippen LogP contribution < -0.4 is 14.4 Å². The fraction of sp³-hybridized carbons (Fsp3) is 0.500. The molecule has 2 unspecified atom stereocenters. The Kier molecular flexibility index (Phi) is 6.47. The van der Waals surface area contributed by atoms with E-state index in [1.165, 1.54) is 0 Å². The molecule has 35 heavy (non-hydrogen) atoms. The third-order valence-corrected chi connectivity index (χ3v) is 9.26. The van der Waals surface area contributed by atoms with E-state index >= 15 is 0 Å². The van der Waals surface area contributed by atoms with Gasteiger partial charge in [0.15, 0.2) is 14.9 Å². The largest absolute Gasteiger partial charge is 0.490 e. The van der Waals surface area contributed by atoms with Crippen molar-refractivity contribution in [2.24, 2.45) is 5.92 Å². The number of carbonyl (C=O) groups is 1. The number of aromatic nitrogens is 1. The van der Waals surface area contributed by atoms with Gasteiger partial charge in [-0.2, -0.15) is 0 Å². The molecule has 0 saturated carbocycles. The first-order valence-corrected chi connectivity index (χ1v) is 15.1. The smallest absolute Gasteiger partial charge is 0.226 e. The van der Waals surface area contributed by atoms with Crippen molar-refractivity contribution in [2.75, 3.05) is 48.9 Å². The van der Waals surface area contributed by atoms with Crippen LogP contribution in [0.25, 0.3) is 0 Å². The summed E-state index contributed by atoms with van der Waals surface area (Å²) in [6, 6.07) is 7.47. The maximum absolute atomic E-state index is 12.8. The third kappa shape index (κ3) is 5.02. The fourth-order valence-electron chi connectivity index (χ4n) is 4.96. The summed E-state index contributed by atoms with van der Waals surface area (Å²) in [7, 11) is -4.27. The standard InChI is InChI=1S/C24H29N3O6S2/c1-16-11-18(13-25-23(16)35(2,30)31)27-8-9-32-22-4-3-19(12-21(22)27)33-20-5-7-26(14-20)24(28)17-6-10-34(29)15-17/h3-4,11-13,17,20H,5-10,14-15H2,1-2H3/t17?,20-,34?/m0/s1. The molecule has 2 aromatic rings. The number of sulfone groups is 1. The second-order valence-corrected chi connectivity index (χ2v) is 12.9. The Morgan fingerprint density at radius 2 is 2.06 bits per heavy atom. The van der Waals surface area contributed by atoms with E-state index in [1.54, 1.807) is 13.1 Å². The van der Waals surface area contributed by atoms with Gasteiger partial charge >= 0.3 is 0 Å². The average molecular weight is 520 g/mol. The number of nitrogens with zero attached hydrogens (tertiary/aromatic N) is 3. The molecule has 3 aliphatic rings. The van der Waals surface area contributed by atoms with E-state index in [0.717, 1.165) is 24.1 Å². The number of aryl methyl sites for hydroxylation is 1. The number of likely N-dealkylation sites (tertiary alicyclic amines) is 1. The lowest BCUT2D eigenvalue weighted by Gasteiger charge is -2.32. The van der Waals surface area contributed by atoms with Gasteiger partial charge in [0, 0.05) is 47.6 Å². The number of rotatable bonds is 5. The van der Waals surface area contributed by atoms with Crippen LogP contribution in [0.2, 0.25) is 0 Å². The van der Waals surface area contributed by atoms with E-state index in [-0.39, 0.29) is 23.0 Å². The van der Waals surface area contributed by atoms with Crippen molar-refractivity contribution in [3.63, 3.8) is 0 Å². The molecule has 0 N–H and O–H groups in total. The maximum Gasteiger partial charge on any atom is 0.226 e. The minimum Gasteiger partial charge on any atom is -0.490 e. The van der Waals surface area contributed by atoms with Crippen LogP contribution in [0.5, 0.6) is 11.5 Å².